The highest BCUT2D eigenvalue weighted by molar-refractivity contribution is 6.16. The van der Waals surface area contributed by atoms with Crippen molar-refractivity contribution in [2.24, 2.45) is 5.92 Å². The van der Waals surface area contributed by atoms with E-state index in [1.165, 1.54) is 6.33 Å². The minimum atomic E-state index is -4.89. The van der Waals surface area contributed by atoms with E-state index in [0.29, 0.717) is 35.7 Å². The van der Waals surface area contributed by atoms with E-state index in [1.54, 1.807) is 24.3 Å². The van der Waals surface area contributed by atoms with Gasteiger partial charge in [0.05, 0.1) is 11.3 Å². The maximum atomic E-state index is 12.8. The number of hydrogen-bond acceptors (Lipinski definition) is 7. The van der Waals surface area contributed by atoms with Crippen LogP contribution in [0.1, 0.15) is 24.0 Å². The lowest BCUT2D eigenvalue weighted by molar-refractivity contribution is -0.187. The van der Waals surface area contributed by atoms with Crippen LogP contribution in [0.15, 0.2) is 60.9 Å². The highest BCUT2D eigenvalue weighted by Crippen LogP contribution is 2.27. The Morgan fingerprint density at radius 3 is 2.50 bits per heavy atom. The van der Waals surface area contributed by atoms with Gasteiger partial charge in [-0.15, -0.1) is 0 Å². The molecule has 1 aromatic heterocycles. The van der Waals surface area contributed by atoms with Gasteiger partial charge in [0, 0.05) is 25.2 Å². The molecule has 0 unspecified atom stereocenters. The summed E-state index contributed by atoms with van der Waals surface area (Å²) < 4.78 is 44.3. The first-order valence-corrected chi connectivity index (χ1v) is 11.3. The van der Waals surface area contributed by atoms with Crippen LogP contribution in [0.4, 0.5) is 24.8 Å². The summed E-state index contributed by atoms with van der Waals surface area (Å²) >= 11 is 0. The number of rotatable bonds is 7. The normalized spacial score (nSPS) is 15.9. The lowest BCUT2D eigenvalue weighted by atomic mass is 9.97. The van der Waals surface area contributed by atoms with Crippen molar-refractivity contribution in [1.82, 2.24) is 14.9 Å². The van der Waals surface area contributed by atoms with Crippen molar-refractivity contribution in [1.29, 1.82) is 5.41 Å². The lowest BCUT2D eigenvalue weighted by Gasteiger charge is -2.33. The lowest BCUT2D eigenvalue weighted by Crippen LogP contribution is -2.47. The number of amides is 1. The first-order valence-electron chi connectivity index (χ1n) is 11.3. The number of nitrogens with two attached hydrogens (primary N) is 1. The SMILES string of the molecule is N=C(c1ccc(Oc2ccccc2)cc1)c1c(N)ncnc1NC[C@@H]1CCCN(C(=O)C(F)(F)F)C1. The van der Waals surface area contributed by atoms with Crippen molar-refractivity contribution >= 4 is 23.3 Å². The highest BCUT2D eigenvalue weighted by Gasteiger charge is 2.43. The van der Waals surface area contributed by atoms with E-state index in [1.807, 2.05) is 30.3 Å². The molecule has 3 aromatic rings. The molecule has 2 heterocycles. The molecule has 0 aliphatic carbocycles. The quantitative estimate of drug-likeness (QED) is 0.414. The number of halogens is 3. The summed E-state index contributed by atoms with van der Waals surface area (Å²) in [6.45, 7) is 0.332. The Labute approximate surface area is 205 Å². The number of carbonyl (C=O) groups excluding carboxylic acids is 1. The molecule has 4 N–H and O–H groups in total. The number of nitrogens with one attached hydrogen (secondary N) is 2. The summed E-state index contributed by atoms with van der Waals surface area (Å²) in [4.78, 5) is 20.7. The zero-order chi connectivity index (χ0) is 25.7. The Hall–Kier alpha value is -4.15. The van der Waals surface area contributed by atoms with Gasteiger partial charge in [-0.2, -0.15) is 13.2 Å². The number of aromatic nitrogens is 2. The van der Waals surface area contributed by atoms with Crippen LogP contribution >= 0.6 is 0 Å². The molecule has 0 saturated carbocycles. The van der Waals surface area contributed by atoms with E-state index in [9.17, 15) is 18.0 Å². The van der Waals surface area contributed by atoms with Crippen molar-refractivity contribution in [2.45, 2.75) is 19.0 Å². The smallest absolute Gasteiger partial charge is 0.457 e. The fourth-order valence-electron chi connectivity index (χ4n) is 4.07. The van der Waals surface area contributed by atoms with E-state index in [-0.39, 0.29) is 42.6 Å². The number of likely N-dealkylation sites (tertiary alicyclic amines) is 1. The van der Waals surface area contributed by atoms with Gasteiger partial charge in [0.25, 0.3) is 0 Å². The molecule has 2 aromatic carbocycles. The summed E-state index contributed by atoms with van der Waals surface area (Å²) in [7, 11) is 0. The van der Waals surface area contributed by atoms with Gasteiger partial charge in [-0.1, -0.05) is 18.2 Å². The third-order valence-corrected chi connectivity index (χ3v) is 5.86. The summed E-state index contributed by atoms with van der Waals surface area (Å²) in [5.41, 5.74) is 7.00. The predicted molar refractivity (Wildman–Crippen MR) is 129 cm³/mol. The van der Waals surface area contributed by atoms with Crippen molar-refractivity contribution < 1.29 is 22.7 Å². The topological polar surface area (TPSA) is 117 Å². The van der Waals surface area contributed by atoms with Gasteiger partial charge in [-0.3, -0.25) is 10.2 Å². The Morgan fingerprint density at radius 1 is 1.11 bits per heavy atom. The number of carbonyl (C=O) groups is 1. The number of nitrogen functional groups attached to an aromatic ring is 1. The minimum absolute atomic E-state index is 0.0123. The molecule has 1 amide bonds. The minimum Gasteiger partial charge on any atom is -0.457 e. The number of hydrogen-bond donors (Lipinski definition) is 3. The number of benzene rings is 2. The van der Waals surface area contributed by atoms with Gasteiger partial charge in [0.15, 0.2) is 0 Å². The third kappa shape index (κ3) is 5.91. The molecule has 1 aliphatic rings. The second kappa shape index (κ2) is 10.6. The average Bonchev–Trinajstić information content (AvgIpc) is 2.87. The Kier molecular flexibility index (Phi) is 7.37. The van der Waals surface area contributed by atoms with Crippen LogP contribution in [0.3, 0.4) is 0 Å². The van der Waals surface area contributed by atoms with Gasteiger partial charge >= 0.3 is 12.1 Å². The number of anilines is 2. The van der Waals surface area contributed by atoms with Crippen LogP contribution in [0.25, 0.3) is 0 Å². The van der Waals surface area contributed by atoms with Crippen molar-refractivity contribution in [3.05, 3.63) is 72.1 Å². The van der Waals surface area contributed by atoms with Crippen LogP contribution < -0.4 is 15.8 Å². The zero-order valence-corrected chi connectivity index (χ0v) is 19.3. The van der Waals surface area contributed by atoms with Crippen LogP contribution in [-0.4, -0.2) is 52.3 Å². The molecular formula is C25H25F3N6O2. The Morgan fingerprint density at radius 2 is 1.81 bits per heavy atom. The molecule has 0 radical (unpaired) electrons. The third-order valence-electron chi connectivity index (χ3n) is 5.86. The predicted octanol–water partition coefficient (Wildman–Crippen LogP) is 4.48. The van der Waals surface area contributed by atoms with Gasteiger partial charge in [-0.25, -0.2) is 9.97 Å². The van der Waals surface area contributed by atoms with E-state index in [4.69, 9.17) is 15.9 Å². The molecule has 0 spiro atoms. The largest absolute Gasteiger partial charge is 0.471 e. The van der Waals surface area contributed by atoms with Crippen molar-refractivity contribution in [3.8, 4) is 11.5 Å². The van der Waals surface area contributed by atoms with Crippen LogP contribution in [0, 0.1) is 11.3 Å². The second-order valence-corrected chi connectivity index (χ2v) is 8.44. The van der Waals surface area contributed by atoms with Crippen LogP contribution in [0.5, 0.6) is 11.5 Å². The fraction of sp³-hybridized carbons (Fsp3) is 0.280. The zero-order valence-electron chi connectivity index (χ0n) is 19.3. The molecule has 8 nitrogen and oxygen atoms in total. The fourth-order valence-corrected chi connectivity index (χ4v) is 4.07. The van der Waals surface area contributed by atoms with Crippen molar-refractivity contribution in [3.63, 3.8) is 0 Å². The van der Waals surface area contributed by atoms with E-state index in [2.05, 4.69) is 15.3 Å². The highest BCUT2D eigenvalue weighted by atomic mass is 19.4. The first kappa shape index (κ1) is 25.0. The number of nitrogens with zero attached hydrogens (tertiary/aromatic N) is 3. The van der Waals surface area contributed by atoms with Gasteiger partial charge in [0.2, 0.25) is 0 Å². The average molecular weight is 499 g/mol. The van der Waals surface area contributed by atoms with Crippen molar-refractivity contribution in [2.75, 3.05) is 30.7 Å². The summed E-state index contributed by atoms with van der Waals surface area (Å²) in [5.74, 6) is -0.344. The molecule has 1 saturated heterocycles. The van der Waals surface area contributed by atoms with Crippen LogP contribution in [0.2, 0.25) is 0 Å². The molecule has 0 bridgehead atoms. The van der Waals surface area contributed by atoms with Crippen LogP contribution in [-0.2, 0) is 4.79 Å². The number of ether oxygens (including phenoxy) is 1. The number of alkyl halides is 3. The van der Waals surface area contributed by atoms with Gasteiger partial charge < -0.3 is 20.7 Å². The summed E-state index contributed by atoms with van der Waals surface area (Å²) in [5, 5.41) is 11.8. The van der Waals surface area contributed by atoms with E-state index < -0.39 is 12.1 Å². The molecule has 188 valence electrons. The maximum Gasteiger partial charge on any atom is 0.471 e. The molecule has 36 heavy (non-hydrogen) atoms. The summed E-state index contributed by atoms with van der Waals surface area (Å²) in [6.07, 6.45) is -2.50. The monoisotopic (exact) mass is 498 g/mol. The Bertz CT molecular complexity index is 1220. The molecule has 1 aliphatic heterocycles. The molecular weight excluding hydrogens is 473 g/mol. The number of piperidine rings is 1. The summed E-state index contributed by atoms with van der Waals surface area (Å²) in [6, 6.07) is 16.2. The maximum absolute atomic E-state index is 12.8. The van der Waals surface area contributed by atoms with Gasteiger partial charge in [0.1, 0.15) is 29.5 Å². The Balaban J connectivity index is 1.45. The molecule has 1 atom stereocenters. The van der Waals surface area contributed by atoms with Gasteiger partial charge in [-0.05, 0) is 55.2 Å². The standard InChI is InChI=1S/C25H25F3N6O2/c26-25(27,28)24(35)34-12-4-5-16(14-34)13-31-23-20(22(30)32-15-33-23)21(29)17-8-10-19(11-9-17)36-18-6-2-1-3-7-18/h1-3,6-11,15-16,29H,4-5,12-14H2,(H3,30,31,32,33)/t16-/m0/s1. The van der Waals surface area contributed by atoms with E-state index in [0.717, 1.165) is 4.90 Å². The molecule has 4 rings (SSSR count). The molecule has 11 heteroatoms. The second-order valence-electron chi connectivity index (χ2n) is 8.44. The first-order chi connectivity index (χ1) is 17.2. The molecule has 1 fully saturated rings. The van der Waals surface area contributed by atoms with E-state index >= 15 is 0 Å². The number of para-hydroxylation sites is 1.